The van der Waals surface area contributed by atoms with E-state index in [4.69, 9.17) is 16.3 Å². The normalized spacial score (nSPS) is 15.0. The number of rotatable bonds is 7. The van der Waals surface area contributed by atoms with Gasteiger partial charge in [-0.2, -0.15) is 0 Å². The second-order valence-electron chi connectivity index (χ2n) is 6.27. The highest BCUT2D eigenvalue weighted by atomic mass is 35.5. The van der Waals surface area contributed by atoms with E-state index < -0.39 is 0 Å². The average Bonchev–Trinajstić information content (AvgIpc) is 2.49. The molecule has 1 N–H and O–H groups in total. The van der Waals surface area contributed by atoms with Crippen molar-refractivity contribution in [1.29, 1.82) is 0 Å². The molecule has 1 aliphatic rings. The van der Waals surface area contributed by atoms with E-state index in [9.17, 15) is 4.79 Å². The van der Waals surface area contributed by atoms with Crippen LogP contribution in [0.25, 0.3) is 10.8 Å². The number of methoxy groups -OCH3 is 1. The third kappa shape index (κ3) is 3.77. The number of nitrogens with one attached hydrogen (secondary N) is 1. The van der Waals surface area contributed by atoms with Crippen LogP contribution in [0, 0.1) is 5.92 Å². The summed E-state index contributed by atoms with van der Waals surface area (Å²) in [6.07, 6.45) is 4.07. The van der Waals surface area contributed by atoms with Crippen molar-refractivity contribution in [2.24, 2.45) is 5.92 Å². The fourth-order valence-electron chi connectivity index (χ4n) is 2.99. The highest BCUT2D eigenvalue weighted by Crippen LogP contribution is 2.25. The van der Waals surface area contributed by atoms with Crippen LogP contribution in [0.3, 0.4) is 0 Å². The predicted molar refractivity (Wildman–Crippen MR) is 94.1 cm³/mol. The van der Waals surface area contributed by atoms with Crippen molar-refractivity contribution in [2.75, 3.05) is 20.3 Å². The number of benzene rings is 1. The van der Waals surface area contributed by atoms with Crippen LogP contribution in [0.2, 0.25) is 5.15 Å². The molecule has 124 valence electrons. The average molecular weight is 335 g/mol. The number of ether oxygens (including phenoxy) is 1. The van der Waals surface area contributed by atoms with Crippen LogP contribution >= 0.6 is 11.6 Å². The van der Waals surface area contributed by atoms with Crippen LogP contribution in [0.15, 0.2) is 29.1 Å². The summed E-state index contributed by atoms with van der Waals surface area (Å²) in [6.45, 7) is 2.84. The lowest BCUT2D eigenvalue weighted by Crippen LogP contribution is -2.27. The Morgan fingerprint density at radius 2 is 2.17 bits per heavy atom. The Balaban J connectivity index is 1.77. The van der Waals surface area contributed by atoms with Gasteiger partial charge < -0.3 is 10.1 Å². The molecule has 3 rings (SSSR count). The summed E-state index contributed by atoms with van der Waals surface area (Å²) in [4.78, 5) is 12.5. The summed E-state index contributed by atoms with van der Waals surface area (Å²) in [5.74, 6) is 0.845. The fraction of sp³-hybridized carbons (Fsp3) is 0.500. The minimum absolute atomic E-state index is 0.0569. The highest BCUT2D eigenvalue weighted by Gasteiger charge is 2.16. The molecule has 1 aromatic heterocycles. The van der Waals surface area contributed by atoms with E-state index in [1.807, 2.05) is 18.2 Å². The Kier molecular flexibility index (Phi) is 5.36. The monoisotopic (exact) mass is 334 g/mol. The molecule has 0 aliphatic heterocycles. The molecule has 1 aromatic carbocycles. The smallest absolute Gasteiger partial charge is 0.259 e. The predicted octanol–water partition coefficient (Wildman–Crippen LogP) is 3.19. The van der Waals surface area contributed by atoms with Gasteiger partial charge in [0.25, 0.3) is 5.56 Å². The van der Waals surface area contributed by atoms with Crippen molar-refractivity contribution in [3.8, 4) is 0 Å². The molecule has 0 amide bonds. The number of aromatic nitrogens is 1. The topological polar surface area (TPSA) is 43.3 Å². The maximum absolute atomic E-state index is 12.5. The van der Waals surface area contributed by atoms with E-state index in [1.54, 1.807) is 11.7 Å². The summed E-state index contributed by atoms with van der Waals surface area (Å²) in [7, 11) is 1.61. The molecule has 0 saturated heterocycles. The van der Waals surface area contributed by atoms with Gasteiger partial charge in [-0.15, -0.1) is 0 Å². The van der Waals surface area contributed by atoms with Crippen molar-refractivity contribution in [1.82, 2.24) is 9.88 Å². The molecular weight excluding hydrogens is 312 g/mol. The van der Waals surface area contributed by atoms with Crippen molar-refractivity contribution in [3.63, 3.8) is 0 Å². The highest BCUT2D eigenvalue weighted by molar-refractivity contribution is 6.30. The summed E-state index contributed by atoms with van der Waals surface area (Å²) in [6, 6.07) is 7.84. The van der Waals surface area contributed by atoms with Crippen molar-refractivity contribution in [2.45, 2.75) is 32.4 Å². The van der Waals surface area contributed by atoms with Crippen LogP contribution in [-0.4, -0.2) is 24.8 Å². The van der Waals surface area contributed by atoms with Crippen LogP contribution < -0.4 is 10.9 Å². The van der Waals surface area contributed by atoms with Gasteiger partial charge in [-0.25, -0.2) is 0 Å². The molecule has 23 heavy (non-hydrogen) atoms. The second kappa shape index (κ2) is 7.47. The zero-order chi connectivity index (χ0) is 16.2. The van der Waals surface area contributed by atoms with E-state index in [1.165, 1.54) is 24.8 Å². The zero-order valence-corrected chi connectivity index (χ0v) is 14.2. The minimum atomic E-state index is -0.0569. The van der Waals surface area contributed by atoms with Crippen molar-refractivity contribution < 1.29 is 4.74 Å². The van der Waals surface area contributed by atoms with Gasteiger partial charge >= 0.3 is 0 Å². The minimum Gasteiger partial charge on any atom is -0.383 e. The maximum atomic E-state index is 12.5. The number of hydrogen-bond donors (Lipinski definition) is 1. The first-order valence-corrected chi connectivity index (χ1v) is 8.58. The van der Waals surface area contributed by atoms with Gasteiger partial charge in [0.15, 0.2) is 0 Å². The van der Waals surface area contributed by atoms with E-state index >= 15 is 0 Å². The molecule has 1 fully saturated rings. The van der Waals surface area contributed by atoms with Crippen molar-refractivity contribution >= 4 is 22.4 Å². The molecule has 5 heteroatoms. The molecule has 2 aromatic rings. The Labute approximate surface area is 141 Å². The quantitative estimate of drug-likeness (QED) is 0.791. The van der Waals surface area contributed by atoms with Crippen molar-refractivity contribution in [3.05, 3.63) is 45.3 Å². The number of pyridine rings is 1. The molecule has 1 saturated carbocycles. The SMILES string of the molecule is COCCn1c(Cl)cc2cc(CNCC3CCC3)ccc2c1=O. The molecule has 4 nitrogen and oxygen atoms in total. The lowest BCUT2D eigenvalue weighted by molar-refractivity contribution is 0.186. The summed E-state index contributed by atoms with van der Waals surface area (Å²) < 4.78 is 6.60. The molecular formula is C18H23ClN2O2. The standard InChI is InChI=1S/C18H23ClN2O2/c1-23-8-7-21-17(19)10-15-9-14(5-6-16(15)18(21)22)12-20-11-13-3-2-4-13/h5-6,9-10,13,20H,2-4,7-8,11-12H2,1H3. The molecule has 1 heterocycles. The van der Waals surface area contributed by atoms with Gasteiger partial charge in [0.2, 0.25) is 0 Å². The van der Waals surface area contributed by atoms with Gasteiger partial charge in [-0.1, -0.05) is 24.1 Å². The number of nitrogens with zero attached hydrogens (tertiary/aromatic N) is 1. The first kappa shape index (κ1) is 16.5. The van der Waals surface area contributed by atoms with Gasteiger partial charge in [0, 0.05) is 19.0 Å². The molecule has 0 unspecified atom stereocenters. The summed E-state index contributed by atoms with van der Waals surface area (Å²) in [5, 5.41) is 5.56. The first-order valence-electron chi connectivity index (χ1n) is 8.20. The molecule has 1 aliphatic carbocycles. The van der Waals surface area contributed by atoms with Crippen LogP contribution in [0.4, 0.5) is 0 Å². The van der Waals surface area contributed by atoms with E-state index in [0.29, 0.717) is 23.7 Å². The van der Waals surface area contributed by atoms with Gasteiger partial charge in [0.1, 0.15) is 5.15 Å². The Bertz CT molecular complexity index is 738. The third-order valence-electron chi connectivity index (χ3n) is 4.63. The van der Waals surface area contributed by atoms with Gasteiger partial charge in [0.05, 0.1) is 13.2 Å². The molecule has 0 atom stereocenters. The van der Waals surface area contributed by atoms with Gasteiger partial charge in [-0.3, -0.25) is 9.36 Å². The van der Waals surface area contributed by atoms with E-state index in [-0.39, 0.29) is 5.56 Å². The summed E-state index contributed by atoms with van der Waals surface area (Å²) in [5.41, 5.74) is 1.13. The maximum Gasteiger partial charge on any atom is 0.259 e. The van der Waals surface area contributed by atoms with Crippen LogP contribution in [0.5, 0.6) is 0 Å². The van der Waals surface area contributed by atoms with Crippen LogP contribution in [-0.2, 0) is 17.8 Å². The van der Waals surface area contributed by atoms with Gasteiger partial charge in [-0.05, 0) is 54.5 Å². The Morgan fingerprint density at radius 3 is 2.87 bits per heavy atom. The summed E-state index contributed by atoms with van der Waals surface area (Å²) >= 11 is 6.26. The second-order valence-corrected chi connectivity index (χ2v) is 6.65. The molecule has 0 radical (unpaired) electrons. The Hall–Kier alpha value is -1.36. The zero-order valence-electron chi connectivity index (χ0n) is 13.5. The molecule has 0 spiro atoms. The van der Waals surface area contributed by atoms with Crippen LogP contribution in [0.1, 0.15) is 24.8 Å². The number of fused-ring (bicyclic) bond motifs is 1. The third-order valence-corrected chi connectivity index (χ3v) is 4.94. The van der Waals surface area contributed by atoms with E-state index in [2.05, 4.69) is 11.4 Å². The largest absolute Gasteiger partial charge is 0.383 e. The number of halogens is 1. The molecule has 0 bridgehead atoms. The lowest BCUT2D eigenvalue weighted by Gasteiger charge is -2.25. The number of hydrogen-bond acceptors (Lipinski definition) is 3. The van der Waals surface area contributed by atoms with E-state index in [0.717, 1.165) is 24.4 Å². The fourth-order valence-corrected chi connectivity index (χ4v) is 3.27. The Morgan fingerprint density at radius 1 is 1.35 bits per heavy atom. The first-order chi connectivity index (χ1) is 11.2. The lowest BCUT2D eigenvalue weighted by atomic mass is 9.85.